The van der Waals surface area contributed by atoms with Gasteiger partial charge in [0.1, 0.15) is 11.6 Å². The molecular weight excluding hydrogens is 360 g/mol. The van der Waals surface area contributed by atoms with E-state index >= 15 is 0 Å². The van der Waals surface area contributed by atoms with Gasteiger partial charge in [0, 0.05) is 28.4 Å². The van der Waals surface area contributed by atoms with E-state index in [0.29, 0.717) is 16.8 Å². The highest BCUT2D eigenvalue weighted by Crippen LogP contribution is 2.13. The van der Waals surface area contributed by atoms with Crippen molar-refractivity contribution < 1.29 is 9.53 Å². The summed E-state index contributed by atoms with van der Waals surface area (Å²) in [6.45, 7) is 1.81. The number of nitriles is 1. The van der Waals surface area contributed by atoms with Crippen LogP contribution in [0.1, 0.15) is 27.2 Å². The number of carbonyl (C=O) groups excluding carboxylic acids is 1. The van der Waals surface area contributed by atoms with Crippen LogP contribution in [0.15, 0.2) is 39.6 Å². The van der Waals surface area contributed by atoms with Crippen LogP contribution in [-0.2, 0) is 17.9 Å². The Balaban J connectivity index is 2.40. The molecule has 0 saturated carbocycles. The molecule has 1 heterocycles. The standard InChI is InChI=1S/C17H15BrN2O3/c1-11-7-13(10-23-2)15(8-19)17(22)20(11)9-16(21)12-3-5-14(18)6-4-12/h3-7H,9-10H2,1-2H3. The van der Waals surface area contributed by atoms with E-state index in [-0.39, 0.29) is 24.5 Å². The maximum atomic E-state index is 12.5. The van der Waals surface area contributed by atoms with Gasteiger partial charge in [-0.2, -0.15) is 5.26 Å². The fourth-order valence-corrected chi connectivity index (χ4v) is 2.56. The summed E-state index contributed by atoms with van der Waals surface area (Å²) in [5.41, 5.74) is 1.21. The molecule has 0 aliphatic heterocycles. The predicted octanol–water partition coefficient (Wildman–Crippen LogP) is 2.82. The molecule has 0 saturated heterocycles. The third-order valence-corrected chi connectivity index (χ3v) is 4.00. The number of ether oxygens (including phenoxy) is 1. The van der Waals surface area contributed by atoms with Crippen molar-refractivity contribution in [3.05, 3.63) is 67.5 Å². The Morgan fingerprint density at radius 3 is 2.57 bits per heavy atom. The zero-order chi connectivity index (χ0) is 17.0. The second-order valence-electron chi connectivity index (χ2n) is 5.05. The molecule has 0 unspecified atom stereocenters. The number of aromatic nitrogens is 1. The molecule has 0 aliphatic rings. The number of hydrogen-bond donors (Lipinski definition) is 0. The second kappa shape index (κ2) is 7.36. The van der Waals surface area contributed by atoms with Crippen molar-refractivity contribution in [2.24, 2.45) is 0 Å². The number of hydrogen-bond acceptors (Lipinski definition) is 4. The lowest BCUT2D eigenvalue weighted by molar-refractivity contribution is 0.0970. The van der Waals surface area contributed by atoms with E-state index in [1.165, 1.54) is 11.7 Å². The van der Waals surface area contributed by atoms with Crippen molar-refractivity contribution in [3.8, 4) is 6.07 Å². The third-order valence-electron chi connectivity index (χ3n) is 3.47. The fraction of sp³-hybridized carbons (Fsp3) is 0.235. The van der Waals surface area contributed by atoms with Gasteiger partial charge >= 0.3 is 0 Å². The minimum Gasteiger partial charge on any atom is -0.380 e. The van der Waals surface area contributed by atoms with E-state index in [1.807, 2.05) is 6.07 Å². The monoisotopic (exact) mass is 374 g/mol. The number of rotatable bonds is 5. The van der Waals surface area contributed by atoms with Crippen LogP contribution in [0, 0.1) is 18.3 Å². The first-order chi connectivity index (χ1) is 11.0. The Labute approximate surface area is 142 Å². The molecule has 118 valence electrons. The summed E-state index contributed by atoms with van der Waals surface area (Å²) >= 11 is 3.31. The van der Waals surface area contributed by atoms with E-state index in [0.717, 1.165) is 4.47 Å². The Bertz CT molecular complexity index is 833. The lowest BCUT2D eigenvalue weighted by Gasteiger charge is -2.12. The molecule has 0 amide bonds. The number of methoxy groups -OCH3 is 1. The molecule has 0 radical (unpaired) electrons. The van der Waals surface area contributed by atoms with Crippen LogP contribution in [0.3, 0.4) is 0 Å². The molecular formula is C17H15BrN2O3. The number of pyridine rings is 1. The van der Waals surface area contributed by atoms with Gasteiger partial charge in [-0.05, 0) is 25.1 Å². The van der Waals surface area contributed by atoms with Gasteiger partial charge < -0.3 is 9.30 Å². The van der Waals surface area contributed by atoms with E-state index in [4.69, 9.17) is 4.74 Å². The van der Waals surface area contributed by atoms with Crippen LogP contribution in [0.4, 0.5) is 0 Å². The molecule has 0 N–H and O–H groups in total. The molecule has 0 aliphatic carbocycles. The summed E-state index contributed by atoms with van der Waals surface area (Å²) in [7, 11) is 1.50. The normalized spacial score (nSPS) is 10.3. The zero-order valence-corrected chi connectivity index (χ0v) is 14.4. The average Bonchev–Trinajstić information content (AvgIpc) is 2.52. The molecule has 0 fully saturated rings. The van der Waals surface area contributed by atoms with Crippen molar-refractivity contribution in [2.75, 3.05) is 7.11 Å². The Hall–Kier alpha value is -2.23. The van der Waals surface area contributed by atoms with Crippen LogP contribution in [0.25, 0.3) is 0 Å². The first kappa shape index (κ1) is 17.1. The predicted molar refractivity (Wildman–Crippen MR) is 89.3 cm³/mol. The summed E-state index contributed by atoms with van der Waals surface area (Å²) in [6, 6.07) is 10.5. The Kier molecular flexibility index (Phi) is 5.48. The summed E-state index contributed by atoms with van der Waals surface area (Å²) in [6.07, 6.45) is 0. The molecule has 0 bridgehead atoms. The number of ketones is 1. The van der Waals surface area contributed by atoms with Crippen molar-refractivity contribution in [1.29, 1.82) is 5.26 Å². The molecule has 2 rings (SSSR count). The van der Waals surface area contributed by atoms with E-state index < -0.39 is 5.56 Å². The topological polar surface area (TPSA) is 72.1 Å². The van der Waals surface area contributed by atoms with Gasteiger partial charge in [0.05, 0.1) is 13.2 Å². The number of Topliss-reactive ketones (excluding diaryl/α,β-unsaturated/α-hetero) is 1. The molecule has 23 heavy (non-hydrogen) atoms. The summed E-state index contributed by atoms with van der Waals surface area (Å²) in [5, 5.41) is 9.21. The van der Waals surface area contributed by atoms with Crippen molar-refractivity contribution in [3.63, 3.8) is 0 Å². The van der Waals surface area contributed by atoms with E-state index in [9.17, 15) is 14.9 Å². The van der Waals surface area contributed by atoms with Gasteiger partial charge in [-0.15, -0.1) is 0 Å². The Morgan fingerprint density at radius 1 is 1.35 bits per heavy atom. The van der Waals surface area contributed by atoms with Crippen LogP contribution < -0.4 is 5.56 Å². The van der Waals surface area contributed by atoms with Crippen molar-refractivity contribution >= 4 is 21.7 Å². The molecule has 0 atom stereocenters. The lowest BCUT2D eigenvalue weighted by atomic mass is 10.1. The van der Waals surface area contributed by atoms with Gasteiger partial charge in [-0.1, -0.05) is 28.1 Å². The van der Waals surface area contributed by atoms with Gasteiger partial charge in [0.15, 0.2) is 5.78 Å². The maximum absolute atomic E-state index is 12.5. The SMILES string of the molecule is COCc1cc(C)n(CC(=O)c2ccc(Br)cc2)c(=O)c1C#N. The largest absolute Gasteiger partial charge is 0.380 e. The maximum Gasteiger partial charge on any atom is 0.269 e. The van der Waals surface area contributed by atoms with Crippen molar-refractivity contribution in [2.45, 2.75) is 20.1 Å². The molecule has 1 aromatic carbocycles. The highest BCUT2D eigenvalue weighted by Gasteiger charge is 2.15. The van der Waals surface area contributed by atoms with Crippen molar-refractivity contribution in [1.82, 2.24) is 4.57 Å². The number of carbonyl (C=O) groups is 1. The van der Waals surface area contributed by atoms with Crippen LogP contribution in [0.5, 0.6) is 0 Å². The van der Waals surface area contributed by atoms with Crippen LogP contribution in [-0.4, -0.2) is 17.5 Å². The quantitative estimate of drug-likeness (QED) is 0.754. The summed E-state index contributed by atoms with van der Waals surface area (Å²) < 4.78 is 7.21. The molecule has 6 heteroatoms. The van der Waals surface area contributed by atoms with Crippen LogP contribution >= 0.6 is 15.9 Å². The van der Waals surface area contributed by atoms with Gasteiger partial charge in [-0.3, -0.25) is 9.59 Å². The highest BCUT2D eigenvalue weighted by molar-refractivity contribution is 9.10. The van der Waals surface area contributed by atoms with Gasteiger partial charge in [-0.25, -0.2) is 0 Å². The van der Waals surface area contributed by atoms with E-state index in [1.54, 1.807) is 37.3 Å². The average molecular weight is 375 g/mol. The number of nitrogens with zero attached hydrogens (tertiary/aromatic N) is 2. The molecule has 2 aromatic rings. The molecule has 5 nitrogen and oxygen atoms in total. The number of aryl methyl sites for hydroxylation is 1. The van der Waals surface area contributed by atoms with Gasteiger partial charge in [0.2, 0.25) is 0 Å². The van der Waals surface area contributed by atoms with Gasteiger partial charge in [0.25, 0.3) is 5.56 Å². The lowest BCUT2D eigenvalue weighted by Crippen LogP contribution is -2.29. The van der Waals surface area contributed by atoms with E-state index in [2.05, 4.69) is 15.9 Å². The number of benzene rings is 1. The van der Waals surface area contributed by atoms with Crippen LogP contribution in [0.2, 0.25) is 0 Å². The summed E-state index contributed by atoms with van der Waals surface area (Å²) in [5.74, 6) is -0.189. The first-order valence-electron chi connectivity index (χ1n) is 6.89. The fourth-order valence-electron chi connectivity index (χ4n) is 2.29. The summed E-state index contributed by atoms with van der Waals surface area (Å²) in [4.78, 5) is 24.8. The first-order valence-corrected chi connectivity index (χ1v) is 7.68. The minimum atomic E-state index is -0.468. The number of halogens is 1. The smallest absolute Gasteiger partial charge is 0.269 e. The third kappa shape index (κ3) is 3.76. The Morgan fingerprint density at radius 2 is 2.00 bits per heavy atom. The highest BCUT2D eigenvalue weighted by atomic mass is 79.9. The second-order valence-corrected chi connectivity index (χ2v) is 5.97. The molecule has 1 aromatic heterocycles. The zero-order valence-electron chi connectivity index (χ0n) is 12.8. The molecule has 0 spiro atoms. The minimum absolute atomic E-state index is 0.0149.